The van der Waals surface area contributed by atoms with Crippen LogP contribution in [0.5, 0.6) is 0 Å². The van der Waals surface area contributed by atoms with Gasteiger partial charge in [-0.2, -0.15) is 0 Å². The Morgan fingerprint density at radius 2 is 1.00 bits per heavy atom. The van der Waals surface area contributed by atoms with Gasteiger partial charge in [-0.05, 0) is 0 Å². The molecule has 0 bridgehead atoms. The minimum atomic E-state index is 0. The van der Waals surface area contributed by atoms with Gasteiger partial charge in [0, 0.05) is 99.1 Å². The molecule has 0 aromatic rings. The van der Waals surface area contributed by atoms with E-state index in [4.69, 9.17) is 0 Å². The maximum atomic E-state index is 0. The average Bonchev–Trinajstić information content (AvgIpc) is 0. The maximum Gasteiger partial charge on any atom is 0 e. The summed E-state index contributed by atoms with van der Waals surface area (Å²) in [7, 11) is 0. The van der Waals surface area contributed by atoms with E-state index in [-0.39, 0.29) is 99.1 Å². The van der Waals surface area contributed by atoms with Crippen molar-refractivity contribution in [1.82, 2.24) is 0 Å². The van der Waals surface area contributed by atoms with E-state index in [0.717, 1.165) is 0 Å². The standard InChI is InChI=1S/Co.Cr.Fe.Ti.Zr. The summed E-state index contributed by atoms with van der Waals surface area (Å²) in [6.45, 7) is 0. The van der Waals surface area contributed by atoms with Crippen molar-refractivity contribution < 1.29 is 99.1 Å². The summed E-state index contributed by atoms with van der Waals surface area (Å²) >= 11 is 0. The molecular formula is CoCrFeTiZr. The zero-order valence-electron chi connectivity index (χ0n) is 2.10. The summed E-state index contributed by atoms with van der Waals surface area (Å²) in [5, 5.41) is 0. The van der Waals surface area contributed by atoms with Gasteiger partial charge in [0.2, 0.25) is 0 Å². The van der Waals surface area contributed by atoms with Gasteiger partial charge < -0.3 is 0 Å². The van der Waals surface area contributed by atoms with Crippen molar-refractivity contribution >= 4 is 0 Å². The summed E-state index contributed by atoms with van der Waals surface area (Å²) in [5.74, 6) is 0. The van der Waals surface area contributed by atoms with Gasteiger partial charge in [0.15, 0.2) is 0 Å². The van der Waals surface area contributed by atoms with E-state index >= 15 is 0 Å². The molecule has 0 aromatic heterocycles. The van der Waals surface area contributed by atoms with Gasteiger partial charge >= 0.3 is 0 Å². The van der Waals surface area contributed by atoms with Crippen LogP contribution in [0.4, 0.5) is 0 Å². The number of hydrogen-bond acceptors (Lipinski definition) is 0. The van der Waals surface area contributed by atoms with Gasteiger partial charge in [-0.3, -0.25) is 0 Å². The minimum Gasteiger partial charge on any atom is 0 e. The molecule has 1 radical (unpaired) electrons. The second-order valence-electron chi connectivity index (χ2n) is 0. The molecule has 0 amide bonds. The fraction of sp³-hybridized carbons (Fsp3) is 0. The maximum absolute atomic E-state index is 0. The smallest absolute Gasteiger partial charge is 0 e. The zero-order chi connectivity index (χ0) is 0. The SMILES string of the molecule is [Co].[Cr].[Fe].[Ti].[Zr]. The van der Waals surface area contributed by atoms with Crippen LogP contribution in [0.1, 0.15) is 0 Å². The Morgan fingerprint density at radius 1 is 1.00 bits per heavy atom. The van der Waals surface area contributed by atoms with Gasteiger partial charge in [-0.1, -0.05) is 0 Å². The summed E-state index contributed by atoms with van der Waals surface area (Å²) in [6.07, 6.45) is 0. The van der Waals surface area contributed by atoms with Crippen molar-refractivity contribution in [3.05, 3.63) is 0 Å². The molecule has 0 rings (SSSR count). The minimum absolute atomic E-state index is 0. The van der Waals surface area contributed by atoms with Gasteiger partial charge in [0.05, 0.1) is 0 Å². The predicted octanol–water partition coefficient (Wildman–Crippen LogP) is -0.0125. The van der Waals surface area contributed by atoms with Crippen molar-refractivity contribution in [2.75, 3.05) is 0 Å². The molecule has 0 saturated carbocycles. The second kappa shape index (κ2) is 27.2. The summed E-state index contributed by atoms with van der Waals surface area (Å²) < 4.78 is 0. The number of hydrogen-bond donors (Lipinski definition) is 0. The first-order valence-corrected chi connectivity index (χ1v) is 0. The van der Waals surface area contributed by atoms with Gasteiger partial charge in [-0.15, -0.1) is 0 Å². The third-order valence-electron chi connectivity index (χ3n) is 0. The third-order valence-corrected chi connectivity index (χ3v) is 0. The second-order valence-corrected chi connectivity index (χ2v) is 0. The average molecular weight is 306 g/mol. The molecule has 31 valence electrons. The molecule has 0 aliphatic carbocycles. The molecule has 0 nitrogen and oxygen atoms in total. The van der Waals surface area contributed by atoms with Gasteiger partial charge in [-0.25, -0.2) is 0 Å². The van der Waals surface area contributed by atoms with E-state index in [9.17, 15) is 0 Å². The Morgan fingerprint density at radius 3 is 1.00 bits per heavy atom. The van der Waals surface area contributed by atoms with Crippen molar-refractivity contribution in [3.63, 3.8) is 0 Å². The molecule has 0 heterocycles. The van der Waals surface area contributed by atoms with E-state index in [0.29, 0.717) is 0 Å². The van der Waals surface area contributed by atoms with Crippen molar-refractivity contribution in [2.45, 2.75) is 0 Å². The Labute approximate surface area is 97.4 Å². The summed E-state index contributed by atoms with van der Waals surface area (Å²) in [6, 6.07) is 0. The Bertz CT molecular complexity index is 11.6. The van der Waals surface area contributed by atoms with Crippen LogP contribution in [0.25, 0.3) is 0 Å². The normalized spacial score (nSPS) is 0. The van der Waals surface area contributed by atoms with Crippen LogP contribution in [0, 0.1) is 0 Å². The van der Waals surface area contributed by atoms with Crippen molar-refractivity contribution in [3.8, 4) is 0 Å². The van der Waals surface area contributed by atoms with E-state index < -0.39 is 0 Å². The summed E-state index contributed by atoms with van der Waals surface area (Å²) in [5.41, 5.74) is 0. The molecule has 0 fully saturated rings. The Hall–Kier alpha value is 3.16. The van der Waals surface area contributed by atoms with E-state index in [1.165, 1.54) is 0 Å². The quantitative estimate of drug-likeness (QED) is 0.552. The van der Waals surface area contributed by atoms with Gasteiger partial charge in [0.25, 0.3) is 0 Å². The van der Waals surface area contributed by atoms with Crippen LogP contribution in [0.2, 0.25) is 0 Å². The third kappa shape index (κ3) is 19.1. The number of rotatable bonds is 0. The topological polar surface area (TPSA) is 0 Å². The van der Waals surface area contributed by atoms with Crippen LogP contribution in [-0.4, -0.2) is 0 Å². The van der Waals surface area contributed by atoms with Gasteiger partial charge in [0.1, 0.15) is 0 Å². The molecular weight excluding hydrogens is 306 g/mol. The molecule has 5 heavy (non-hydrogen) atoms. The van der Waals surface area contributed by atoms with Crippen molar-refractivity contribution in [2.24, 2.45) is 0 Å². The molecule has 5 heteroatoms. The Kier molecular flexibility index (Phi) is 228. The molecule has 0 unspecified atom stereocenters. The fourth-order valence-corrected chi connectivity index (χ4v) is 0. The Balaban J connectivity index is 0. The van der Waals surface area contributed by atoms with E-state index in [2.05, 4.69) is 0 Å². The van der Waals surface area contributed by atoms with E-state index in [1.54, 1.807) is 0 Å². The molecule has 0 aromatic carbocycles. The van der Waals surface area contributed by atoms with Crippen LogP contribution >= 0.6 is 0 Å². The first kappa shape index (κ1) is 41.9. The molecule has 0 N–H and O–H groups in total. The van der Waals surface area contributed by atoms with E-state index in [1.807, 2.05) is 0 Å². The zero-order valence-corrected chi connectivity index (χ0v) is 9.53. The van der Waals surface area contributed by atoms with Crippen LogP contribution in [-0.2, 0) is 99.1 Å². The van der Waals surface area contributed by atoms with Crippen LogP contribution < -0.4 is 0 Å². The van der Waals surface area contributed by atoms with Crippen LogP contribution in [0.3, 0.4) is 0 Å². The predicted molar refractivity (Wildman–Crippen MR) is 0 cm³/mol. The molecule has 0 spiro atoms. The molecule has 0 atom stereocenters. The molecule has 0 aliphatic rings. The first-order chi connectivity index (χ1) is 0. The summed E-state index contributed by atoms with van der Waals surface area (Å²) in [4.78, 5) is 0. The van der Waals surface area contributed by atoms with Crippen molar-refractivity contribution in [1.29, 1.82) is 0 Å². The largest absolute Gasteiger partial charge is 0 e. The monoisotopic (exact) mass is 305 g/mol. The van der Waals surface area contributed by atoms with Crippen LogP contribution in [0.15, 0.2) is 0 Å². The fourth-order valence-electron chi connectivity index (χ4n) is 0. The molecule has 0 saturated heterocycles. The molecule has 0 aliphatic heterocycles. The first-order valence-electron chi connectivity index (χ1n) is 0.